The van der Waals surface area contributed by atoms with E-state index in [9.17, 15) is 52.6 Å². The molecule has 0 fully saturated rings. The zero-order chi connectivity index (χ0) is 59.1. The molecule has 6 atom stereocenters. The smallest absolute Gasteiger partial charge is 0.248 e. The van der Waals surface area contributed by atoms with Gasteiger partial charge in [-0.25, -0.2) is 8.78 Å². The first-order valence-electron chi connectivity index (χ1n) is 26.4. The molecule has 2 aromatic heterocycles. The van der Waals surface area contributed by atoms with Gasteiger partial charge in [-0.05, 0) is 106 Å². The van der Waals surface area contributed by atoms with Gasteiger partial charge < -0.3 is 62.8 Å². The molecular weight excluding hydrogens is 1040 g/mol. The summed E-state index contributed by atoms with van der Waals surface area (Å²) < 4.78 is 31.9. The summed E-state index contributed by atoms with van der Waals surface area (Å²) in [4.78, 5) is 125. The fourth-order valence-electron chi connectivity index (χ4n) is 8.85. The molecule has 0 saturated heterocycles. The van der Waals surface area contributed by atoms with Crippen LogP contribution in [0.4, 0.5) is 8.78 Å². The van der Waals surface area contributed by atoms with Crippen LogP contribution in [-0.2, 0) is 56.1 Å². The summed E-state index contributed by atoms with van der Waals surface area (Å²) in [6, 6.07) is 9.56. The van der Waals surface area contributed by atoms with Crippen LogP contribution < -0.4 is 48.3 Å². The van der Waals surface area contributed by atoms with Gasteiger partial charge in [-0.1, -0.05) is 51.1 Å². The molecule has 2 aromatic carbocycles. The van der Waals surface area contributed by atoms with Gasteiger partial charge in [0.15, 0.2) is 0 Å². The van der Waals surface area contributed by atoms with Crippen molar-refractivity contribution in [2.24, 2.45) is 11.1 Å². The highest BCUT2D eigenvalue weighted by molar-refractivity contribution is 5.97. The molecule has 0 bridgehead atoms. The van der Waals surface area contributed by atoms with Crippen LogP contribution in [0.3, 0.4) is 0 Å². The van der Waals surface area contributed by atoms with Crippen LogP contribution in [0.5, 0.6) is 0 Å². The number of unbranched alkanes of at least 4 members (excludes halogenated alkanes) is 1. The first kappa shape index (κ1) is 64.4. The molecule has 11 N–H and O–H groups in total. The Morgan fingerprint density at radius 3 is 1.93 bits per heavy atom. The predicted octanol–water partition coefficient (Wildman–Crippen LogP) is 1.40. The van der Waals surface area contributed by atoms with Gasteiger partial charge in [0.2, 0.25) is 53.2 Å². The molecule has 434 valence electrons. The lowest BCUT2D eigenvalue weighted by Gasteiger charge is -2.41. The Morgan fingerprint density at radius 1 is 0.713 bits per heavy atom. The number of nitrogens with two attached hydrogens (primary N) is 1. The van der Waals surface area contributed by atoms with Crippen molar-refractivity contribution in [3.8, 4) is 11.1 Å². The fourth-order valence-corrected chi connectivity index (χ4v) is 8.85. The third kappa shape index (κ3) is 20.6. The van der Waals surface area contributed by atoms with E-state index >= 15 is 4.39 Å². The van der Waals surface area contributed by atoms with Crippen molar-refractivity contribution in [2.75, 3.05) is 39.8 Å². The number of aliphatic hydroxyl groups is 1. The molecule has 0 unspecified atom stereocenters. The number of pyridine rings is 1. The van der Waals surface area contributed by atoms with Gasteiger partial charge >= 0.3 is 0 Å². The number of rotatable bonds is 31. The van der Waals surface area contributed by atoms with E-state index in [1.807, 2.05) is 51.1 Å². The zero-order valence-corrected chi connectivity index (χ0v) is 46.3. The SMILES string of the molecule is CNCCCC[C@H](NC(C)=O)C(=O)NCCNC(=O)[C@H](CCN(C(=O)CO)[C@@H](c1cc(-c2cc(F)ccc2F)cn1Cc1ccccc1)C(C)(C)C)NC(=O)[C@H](CC(N)=O)NC(=O)[C@H](C)NC(=O)[C@H](C)NC(=O)Cc1ccncc1. The molecule has 0 saturated carbocycles. The third-order valence-electron chi connectivity index (χ3n) is 12.8. The van der Waals surface area contributed by atoms with E-state index in [2.05, 4.69) is 47.5 Å². The van der Waals surface area contributed by atoms with Crippen LogP contribution in [0.25, 0.3) is 11.1 Å². The molecule has 2 heterocycles. The van der Waals surface area contributed by atoms with Crippen molar-refractivity contribution < 1.29 is 57.0 Å². The van der Waals surface area contributed by atoms with E-state index < -0.39 is 119 Å². The third-order valence-corrected chi connectivity index (χ3v) is 12.8. The lowest BCUT2D eigenvalue weighted by molar-refractivity contribution is -0.140. The molecule has 4 rings (SSSR count). The molecule has 0 aliphatic carbocycles. The van der Waals surface area contributed by atoms with Crippen molar-refractivity contribution in [2.45, 2.75) is 123 Å². The molecular formula is C56H76F2N12O10. The number of hydrogen-bond acceptors (Lipinski definition) is 12. The molecule has 0 spiro atoms. The second-order valence-electron chi connectivity index (χ2n) is 20.5. The maximum Gasteiger partial charge on any atom is 0.248 e. The van der Waals surface area contributed by atoms with Crippen LogP contribution in [0.1, 0.15) is 96.5 Å². The van der Waals surface area contributed by atoms with Gasteiger partial charge in [-0.3, -0.25) is 48.1 Å². The summed E-state index contributed by atoms with van der Waals surface area (Å²) in [5, 5.41) is 31.5. The molecule has 4 aromatic rings. The number of nitrogens with zero attached hydrogens (tertiary/aromatic N) is 3. The van der Waals surface area contributed by atoms with Gasteiger partial charge in [0.1, 0.15) is 48.5 Å². The number of benzene rings is 2. The lowest BCUT2D eigenvalue weighted by Crippen LogP contribution is -2.58. The summed E-state index contributed by atoms with van der Waals surface area (Å²) in [6.07, 6.45) is 5.14. The van der Waals surface area contributed by atoms with Crippen molar-refractivity contribution in [1.29, 1.82) is 0 Å². The minimum absolute atomic E-state index is 0.0509. The van der Waals surface area contributed by atoms with E-state index in [1.54, 1.807) is 36.0 Å². The van der Waals surface area contributed by atoms with E-state index in [0.717, 1.165) is 30.2 Å². The number of carbonyl (C=O) groups excluding carboxylic acids is 9. The normalized spacial score (nSPS) is 13.5. The van der Waals surface area contributed by atoms with Crippen LogP contribution in [0.15, 0.2) is 85.3 Å². The van der Waals surface area contributed by atoms with Gasteiger partial charge in [0.05, 0.1) is 18.9 Å². The maximum atomic E-state index is 15.4. The van der Waals surface area contributed by atoms with Crippen LogP contribution in [0.2, 0.25) is 0 Å². The summed E-state index contributed by atoms with van der Waals surface area (Å²) >= 11 is 0. The Balaban J connectivity index is 1.66. The summed E-state index contributed by atoms with van der Waals surface area (Å²) in [7, 11) is 1.79. The molecule has 0 radical (unpaired) electrons. The van der Waals surface area contributed by atoms with Crippen LogP contribution in [-0.4, -0.2) is 143 Å². The molecule has 9 amide bonds. The molecule has 24 heteroatoms. The summed E-state index contributed by atoms with van der Waals surface area (Å²) in [6.45, 7) is 8.63. The van der Waals surface area contributed by atoms with Crippen molar-refractivity contribution in [3.05, 3.63) is 114 Å². The van der Waals surface area contributed by atoms with Crippen LogP contribution in [0, 0.1) is 17.0 Å². The van der Waals surface area contributed by atoms with Gasteiger partial charge in [-0.15, -0.1) is 0 Å². The largest absolute Gasteiger partial charge is 0.387 e. The number of primary amides is 1. The molecule has 0 aliphatic heterocycles. The number of halogens is 2. The monoisotopic (exact) mass is 1110 g/mol. The summed E-state index contributed by atoms with van der Waals surface area (Å²) in [5.74, 6) is -8.28. The highest BCUT2D eigenvalue weighted by atomic mass is 19.1. The Kier molecular flexibility index (Phi) is 25.3. The lowest BCUT2D eigenvalue weighted by atomic mass is 9.82. The Labute approximate surface area is 464 Å². The van der Waals surface area contributed by atoms with Crippen molar-refractivity contribution in [3.63, 3.8) is 0 Å². The Morgan fingerprint density at radius 2 is 1.32 bits per heavy atom. The van der Waals surface area contributed by atoms with E-state index in [1.165, 1.54) is 38.1 Å². The molecule has 22 nitrogen and oxygen atoms in total. The number of carbonyl (C=O) groups is 9. The predicted molar refractivity (Wildman–Crippen MR) is 293 cm³/mol. The highest BCUT2D eigenvalue weighted by Gasteiger charge is 2.39. The second kappa shape index (κ2) is 31.5. The number of nitrogens with one attached hydrogen (secondary N) is 8. The Bertz CT molecular complexity index is 2760. The summed E-state index contributed by atoms with van der Waals surface area (Å²) in [5.41, 5.74) is 6.79. The minimum Gasteiger partial charge on any atom is -0.387 e. The Hall–Kier alpha value is -8.12. The highest BCUT2D eigenvalue weighted by Crippen LogP contribution is 2.41. The number of amides is 9. The van der Waals surface area contributed by atoms with Crippen molar-refractivity contribution >= 4 is 53.2 Å². The van der Waals surface area contributed by atoms with Crippen LogP contribution >= 0.6 is 0 Å². The van der Waals surface area contributed by atoms with E-state index in [-0.39, 0.29) is 50.1 Å². The number of hydrogen-bond donors (Lipinski definition) is 10. The molecule has 80 heavy (non-hydrogen) atoms. The fraction of sp³-hybridized carbons (Fsp3) is 0.464. The van der Waals surface area contributed by atoms with Gasteiger partial charge in [0.25, 0.3) is 0 Å². The topological polar surface area (TPSA) is 317 Å². The zero-order valence-electron chi connectivity index (χ0n) is 46.3. The molecule has 0 aliphatic rings. The van der Waals surface area contributed by atoms with Gasteiger partial charge in [0, 0.05) is 68.5 Å². The first-order valence-corrected chi connectivity index (χ1v) is 26.4. The van der Waals surface area contributed by atoms with Crippen molar-refractivity contribution in [1.82, 2.24) is 57.0 Å². The quantitative estimate of drug-likeness (QED) is 0.0320. The maximum absolute atomic E-state index is 15.4. The standard InChI is InChI=1S/C56H76F2N12O10/c1-34(64-48(74)27-37-18-22-61-23-19-37)51(76)65-35(2)52(77)68-45(30-47(59)73)55(80)67-44(54(79)63-25-24-62-53(78)43(66-36(3)72)15-11-12-21-60-7)20-26-70(49(75)33-71)50(56(4,5)6)46-28-39(41-29-40(57)16-17-42(41)58)32-69(46)31-38-13-9-8-10-14-38/h8-10,13-14,16-19,22-23,28-29,32,34-35,43-45,50,60,71H,11-12,15,20-21,24-27,30-31,33H2,1-7H3,(H2,59,73)(H,62,78)(H,63,79)(H,64,74)(H,65,76)(H,66,72)(H,67,80)(H,68,77)/t34-,35-,43-,44-,45-,50-/m0/s1. The minimum atomic E-state index is -1.73. The number of aromatic nitrogens is 2. The first-order chi connectivity index (χ1) is 37.9. The van der Waals surface area contributed by atoms with Gasteiger partial charge in [-0.2, -0.15) is 0 Å². The second-order valence-corrected chi connectivity index (χ2v) is 20.5. The van der Waals surface area contributed by atoms with E-state index in [0.29, 0.717) is 30.6 Å². The average Bonchev–Trinajstić information content (AvgIpc) is 3.82. The average molecular weight is 1120 g/mol. The van der Waals surface area contributed by atoms with E-state index in [4.69, 9.17) is 5.73 Å². The number of aliphatic hydroxyl groups excluding tert-OH is 1.